The molecule has 4 nitrogen and oxygen atoms in total. The van der Waals surface area contributed by atoms with Crippen LogP contribution in [0.15, 0.2) is 11.6 Å². The third kappa shape index (κ3) is 2.85. The van der Waals surface area contributed by atoms with Crippen LogP contribution >= 0.6 is 27.3 Å². The average molecular weight is 287 g/mol. The molecule has 2 heterocycles. The van der Waals surface area contributed by atoms with Crippen LogP contribution in [0.1, 0.15) is 16.4 Å². The molecule has 0 atom stereocenters. The van der Waals surface area contributed by atoms with Gasteiger partial charge in [-0.15, -0.1) is 16.4 Å². The van der Waals surface area contributed by atoms with Crippen LogP contribution in [0.4, 0.5) is 0 Å². The molecule has 0 saturated heterocycles. The summed E-state index contributed by atoms with van der Waals surface area (Å²) in [7, 11) is 0. The minimum atomic E-state index is 0.716. The molecule has 0 aliphatic heterocycles. The molecule has 0 N–H and O–H groups in total. The van der Waals surface area contributed by atoms with E-state index in [4.69, 9.17) is 0 Å². The summed E-state index contributed by atoms with van der Waals surface area (Å²) in [4.78, 5) is 4.38. The first-order valence-electron chi connectivity index (χ1n) is 4.64. The van der Waals surface area contributed by atoms with Crippen LogP contribution < -0.4 is 0 Å². The number of rotatable bonds is 4. The fourth-order valence-corrected chi connectivity index (χ4v) is 2.41. The minimum absolute atomic E-state index is 0.716. The van der Waals surface area contributed by atoms with Gasteiger partial charge in [0.25, 0.3) is 0 Å². The normalized spacial score (nSPS) is 10.8. The molecule has 0 aliphatic carbocycles. The average Bonchev–Trinajstić information content (AvgIpc) is 2.78. The van der Waals surface area contributed by atoms with Crippen LogP contribution in [0.3, 0.4) is 0 Å². The Balaban J connectivity index is 2.04. The molecule has 80 valence electrons. The summed E-state index contributed by atoms with van der Waals surface area (Å²) in [6.45, 7) is 2.71. The van der Waals surface area contributed by atoms with Crippen LogP contribution in [0.5, 0.6) is 0 Å². The van der Waals surface area contributed by atoms with E-state index < -0.39 is 0 Å². The zero-order valence-electron chi connectivity index (χ0n) is 8.35. The fraction of sp³-hybridized carbons (Fsp3) is 0.444. The largest absolute Gasteiger partial charge is 0.245 e. The maximum absolute atomic E-state index is 4.38. The standard InChI is InChI=1S/C9H11BrN4S/c1-7-6-15-9(11-7)5-14-4-8(2-3-10)12-13-14/h4,6H,2-3,5H2,1H3. The first-order valence-corrected chi connectivity index (χ1v) is 6.64. The third-order valence-corrected chi connectivity index (χ3v) is 3.25. The number of aromatic nitrogens is 4. The lowest BCUT2D eigenvalue weighted by atomic mass is 10.4. The molecule has 0 aliphatic rings. The Morgan fingerprint density at radius 2 is 2.40 bits per heavy atom. The van der Waals surface area contributed by atoms with Gasteiger partial charge in [0.15, 0.2) is 0 Å². The van der Waals surface area contributed by atoms with Gasteiger partial charge in [0, 0.05) is 29.0 Å². The Labute approximate surface area is 100 Å². The molecule has 6 heteroatoms. The molecule has 0 unspecified atom stereocenters. The van der Waals surface area contributed by atoms with Crippen LogP contribution in [-0.2, 0) is 13.0 Å². The van der Waals surface area contributed by atoms with Crippen molar-refractivity contribution in [2.24, 2.45) is 0 Å². The van der Waals surface area contributed by atoms with E-state index in [0.717, 1.165) is 28.1 Å². The highest BCUT2D eigenvalue weighted by Crippen LogP contribution is 2.10. The Morgan fingerprint density at radius 3 is 3.07 bits per heavy atom. The van der Waals surface area contributed by atoms with E-state index in [1.165, 1.54) is 0 Å². The molecule has 2 rings (SSSR count). The van der Waals surface area contributed by atoms with E-state index in [0.29, 0.717) is 6.54 Å². The lowest BCUT2D eigenvalue weighted by molar-refractivity contribution is 0.646. The lowest BCUT2D eigenvalue weighted by Gasteiger charge is -1.94. The molecule has 0 amide bonds. The van der Waals surface area contributed by atoms with Gasteiger partial charge in [-0.25, -0.2) is 9.67 Å². The quantitative estimate of drug-likeness (QED) is 0.808. The molecular weight excluding hydrogens is 276 g/mol. The molecule has 2 aromatic rings. The summed E-state index contributed by atoms with van der Waals surface area (Å²) in [6.07, 6.45) is 2.88. The Morgan fingerprint density at radius 1 is 1.53 bits per heavy atom. The van der Waals surface area contributed by atoms with E-state index in [2.05, 4.69) is 31.2 Å². The second-order valence-electron chi connectivity index (χ2n) is 3.23. The number of aryl methyl sites for hydroxylation is 2. The summed E-state index contributed by atoms with van der Waals surface area (Å²) >= 11 is 5.04. The smallest absolute Gasteiger partial charge is 0.114 e. The second-order valence-corrected chi connectivity index (χ2v) is 4.96. The van der Waals surface area contributed by atoms with Gasteiger partial charge in [-0.3, -0.25) is 0 Å². The van der Waals surface area contributed by atoms with Crippen molar-refractivity contribution in [1.29, 1.82) is 0 Å². The monoisotopic (exact) mass is 286 g/mol. The van der Waals surface area contributed by atoms with Crippen molar-refractivity contribution in [2.75, 3.05) is 5.33 Å². The van der Waals surface area contributed by atoms with Crippen LogP contribution in [0, 0.1) is 6.92 Å². The van der Waals surface area contributed by atoms with Crippen molar-refractivity contribution < 1.29 is 0 Å². The number of nitrogens with zero attached hydrogens (tertiary/aromatic N) is 4. The minimum Gasteiger partial charge on any atom is -0.245 e. The molecule has 15 heavy (non-hydrogen) atoms. The van der Waals surface area contributed by atoms with Gasteiger partial charge in [-0.1, -0.05) is 21.1 Å². The first kappa shape index (κ1) is 10.8. The van der Waals surface area contributed by atoms with Crippen molar-refractivity contribution in [2.45, 2.75) is 19.9 Å². The highest BCUT2D eigenvalue weighted by Gasteiger charge is 2.03. The summed E-state index contributed by atoms with van der Waals surface area (Å²) < 4.78 is 1.83. The molecule has 0 bridgehead atoms. The molecule has 0 aromatic carbocycles. The van der Waals surface area contributed by atoms with Crippen LogP contribution in [-0.4, -0.2) is 25.3 Å². The zero-order valence-corrected chi connectivity index (χ0v) is 10.8. The summed E-state index contributed by atoms with van der Waals surface area (Å²) in [5, 5.41) is 12.2. The van der Waals surface area contributed by atoms with Crippen molar-refractivity contribution in [3.8, 4) is 0 Å². The highest BCUT2D eigenvalue weighted by molar-refractivity contribution is 9.09. The molecule has 0 fully saturated rings. The maximum Gasteiger partial charge on any atom is 0.114 e. The summed E-state index contributed by atoms with van der Waals surface area (Å²) in [5.74, 6) is 0. The number of halogens is 1. The van der Waals surface area contributed by atoms with Gasteiger partial charge < -0.3 is 0 Å². The van der Waals surface area contributed by atoms with Crippen molar-refractivity contribution in [1.82, 2.24) is 20.0 Å². The van der Waals surface area contributed by atoms with Crippen molar-refractivity contribution >= 4 is 27.3 Å². The highest BCUT2D eigenvalue weighted by atomic mass is 79.9. The SMILES string of the molecule is Cc1csc(Cn2cc(CCBr)nn2)n1. The summed E-state index contributed by atoms with van der Waals surface area (Å²) in [5.41, 5.74) is 2.08. The molecular formula is C9H11BrN4S. The Hall–Kier alpha value is -0.750. The van der Waals surface area contributed by atoms with E-state index in [1.54, 1.807) is 11.3 Å². The summed E-state index contributed by atoms with van der Waals surface area (Å²) in [6, 6.07) is 0. The van der Waals surface area contributed by atoms with Gasteiger partial charge in [0.2, 0.25) is 0 Å². The van der Waals surface area contributed by atoms with E-state index in [1.807, 2.05) is 23.2 Å². The first-order chi connectivity index (χ1) is 7.28. The number of alkyl halides is 1. The van der Waals surface area contributed by atoms with Crippen molar-refractivity contribution in [3.05, 3.63) is 28.0 Å². The van der Waals surface area contributed by atoms with E-state index in [9.17, 15) is 0 Å². The maximum atomic E-state index is 4.38. The molecule has 0 radical (unpaired) electrons. The number of hydrogen-bond acceptors (Lipinski definition) is 4. The Bertz CT molecular complexity index is 437. The predicted molar refractivity (Wildman–Crippen MR) is 63.5 cm³/mol. The van der Waals surface area contributed by atoms with Gasteiger partial charge in [-0.05, 0) is 6.92 Å². The van der Waals surface area contributed by atoms with Crippen LogP contribution in [0.25, 0.3) is 0 Å². The fourth-order valence-electron chi connectivity index (χ4n) is 1.24. The van der Waals surface area contributed by atoms with Gasteiger partial charge in [0.1, 0.15) is 5.01 Å². The van der Waals surface area contributed by atoms with E-state index >= 15 is 0 Å². The Kier molecular flexibility index (Phi) is 3.48. The van der Waals surface area contributed by atoms with Gasteiger partial charge >= 0.3 is 0 Å². The number of hydrogen-bond donors (Lipinski definition) is 0. The molecule has 2 aromatic heterocycles. The van der Waals surface area contributed by atoms with Gasteiger partial charge in [-0.2, -0.15) is 0 Å². The second kappa shape index (κ2) is 4.85. The van der Waals surface area contributed by atoms with Crippen molar-refractivity contribution in [3.63, 3.8) is 0 Å². The predicted octanol–water partition coefficient (Wildman–Crippen LogP) is 2.03. The zero-order chi connectivity index (χ0) is 10.7. The van der Waals surface area contributed by atoms with Gasteiger partial charge in [0.05, 0.1) is 12.2 Å². The third-order valence-electron chi connectivity index (χ3n) is 1.90. The van der Waals surface area contributed by atoms with E-state index in [-0.39, 0.29) is 0 Å². The van der Waals surface area contributed by atoms with Crippen LogP contribution in [0.2, 0.25) is 0 Å². The molecule has 0 spiro atoms. The molecule has 0 saturated carbocycles. The lowest BCUT2D eigenvalue weighted by Crippen LogP contribution is -1.99. The number of thiazole rings is 1. The topological polar surface area (TPSA) is 43.6 Å².